The van der Waals surface area contributed by atoms with Gasteiger partial charge in [0.2, 0.25) is 0 Å². The Morgan fingerprint density at radius 2 is 0.614 bits per heavy atom. The molecule has 0 saturated heterocycles. The molecule has 0 saturated carbocycles. The van der Waals surface area contributed by atoms with E-state index in [-0.39, 0.29) is 32.7 Å². The van der Waals surface area contributed by atoms with Crippen LogP contribution in [0.25, 0.3) is 142 Å². The molecule has 14 rings (SSSR count). The Labute approximate surface area is 425 Å². The number of rotatable bonds is 6. The molecule has 0 amide bonds. The molecule has 0 aromatic heterocycles. The molecule has 0 aliphatic rings. The summed E-state index contributed by atoms with van der Waals surface area (Å²) in [6.07, 6.45) is 0. The van der Waals surface area contributed by atoms with Gasteiger partial charge < -0.3 is 0 Å². The second kappa shape index (κ2) is 16.3. The van der Waals surface area contributed by atoms with Crippen molar-refractivity contribution in [3.8, 4) is 66.8 Å². The molecule has 0 N–H and O–H groups in total. The van der Waals surface area contributed by atoms with Crippen LogP contribution < -0.4 is 0 Å². The van der Waals surface area contributed by atoms with E-state index < -0.39 is 84.1 Å². The molecule has 14 aromatic rings. The van der Waals surface area contributed by atoms with Gasteiger partial charge in [-0.15, -0.1) is 0 Å². The molecule has 14 aromatic carbocycles. The van der Waals surface area contributed by atoms with E-state index in [0.29, 0.717) is 16.3 Å². The highest BCUT2D eigenvalue weighted by atomic mass is 14.3. The van der Waals surface area contributed by atoms with Gasteiger partial charge in [0.1, 0.15) is 0 Å². The normalized spacial score (nSPS) is 14.3. The third-order valence-corrected chi connectivity index (χ3v) is 13.9. The van der Waals surface area contributed by atoms with Crippen molar-refractivity contribution in [1.29, 1.82) is 0 Å². The molecule has 324 valence electrons. The Balaban J connectivity index is 1.11. The summed E-state index contributed by atoms with van der Waals surface area (Å²) in [5.74, 6) is 0. The van der Waals surface area contributed by atoms with Crippen LogP contribution in [0.15, 0.2) is 267 Å². The molecule has 0 aliphatic heterocycles. The topological polar surface area (TPSA) is 0 Å². The molecule has 0 spiro atoms. The summed E-state index contributed by atoms with van der Waals surface area (Å²) in [6.45, 7) is 0. The number of benzene rings is 14. The fourth-order valence-electron chi connectivity index (χ4n) is 11.0. The van der Waals surface area contributed by atoms with Crippen molar-refractivity contribution in [1.82, 2.24) is 0 Å². The zero-order valence-corrected chi connectivity index (χ0v) is 37.4. The van der Waals surface area contributed by atoms with Gasteiger partial charge in [0.25, 0.3) is 0 Å². The monoisotopic (exact) mass is 897 g/mol. The molecule has 0 radical (unpaired) electrons. The van der Waals surface area contributed by atoms with Gasteiger partial charge >= 0.3 is 0 Å². The standard InChI is InChI=1S/C70H44/c1-4-21-45(22-5-1)49-41-50(46-23-6-2-7-24-46)43-51(42-49)67-56-29-12-16-33-60(56)68(61-34-17-13-30-57(61)67)55-38-20-37-53-54(55)39-40-64-65(53)44-48-27-10-11-28-52(48)69(64)70-62-35-18-14-31-58(62)66(47-25-8-3-9-26-47)59-32-15-19-36-63(59)70/h1-44H/i3D,8D,9D,14D,15D,18D,19D,25D,26D,31D,32D,35D,36D. The number of hydrogen-bond acceptors (Lipinski definition) is 0. The summed E-state index contributed by atoms with van der Waals surface area (Å²) in [7, 11) is 0. The Morgan fingerprint density at radius 1 is 0.200 bits per heavy atom. The average molecular weight is 898 g/mol. The lowest BCUT2D eigenvalue weighted by Gasteiger charge is -2.22. The van der Waals surface area contributed by atoms with Gasteiger partial charge in [-0.2, -0.15) is 0 Å². The summed E-state index contributed by atoms with van der Waals surface area (Å²) in [6, 6.07) is 56.2. The second-order valence-electron chi connectivity index (χ2n) is 17.7. The largest absolute Gasteiger partial charge is 0.0629 e. The molecule has 0 heterocycles. The van der Waals surface area contributed by atoms with Gasteiger partial charge in [0.15, 0.2) is 0 Å². The molecule has 0 atom stereocenters. The third kappa shape index (κ3) is 6.31. The fourth-order valence-corrected chi connectivity index (χ4v) is 11.0. The molecule has 0 nitrogen and oxygen atoms in total. The summed E-state index contributed by atoms with van der Waals surface area (Å²) in [4.78, 5) is 0. The van der Waals surface area contributed by atoms with Crippen molar-refractivity contribution in [2.75, 3.05) is 0 Å². The molecule has 0 unspecified atom stereocenters. The van der Waals surface area contributed by atoms with Crippen LogP contribution in [0.5, 0.6) is 0 Å². The summed E-state index contributed by atoms with van der Waals surface area (Å²) in [5, 5.41) is 7.93. The molecule has 0 aliphatic carbocycles. The smallest absolute Gasteiger partial charge is 0.0622 e. The minimum absolute atomic E-state index is 0.0850. The van der Waals surface area contributed by atoms with Crippen molar-refractivity contribution in [3.63, 3.8) is 0 Å². The van der Waals surface area contributed by atoms with Gasteiger partial charge in [-0.1, -0.05) is 242 Å². The van der Waals surface area contributed by atoms with E-state index in [2.05, 4.69) is 133 Å². The minimum atomic E-state index is -0.720. The first-order valence-corrected chi connectivity index (χ1v) is 23.3. The summed E-state index contributed by atoms with van der Waals surface area (Å²) < 4.78 is 120. The van der Waals surface area contributed by atoms with Crippen molar-refractivity contribution < 1.29 is 17.8 Å². The molecule has 70 heavy (non-hydrogen) atoms. The maximum atomic E-state index is 9.79. The summed E-state index contributed by atoms with van der Waals surface area (Å²) >= 11 is 0. The first-order valence-electron chi connectivity index (χ1n) is 29.8. The van der Waals surface area contributed by atoms with Gasteiger partial charge in [0, 0.05) is 0 Å². The van der Waals surface area contributed by atoms with Crippen LogP contribution in [0.4, 0.5) is 0 Å². The Kier molecular flexibility index (Phi) is 6.74. The molecule has 0 heteroatoms. The Bertz CT molecular complexity index is 4950. The van der Waals surface area contributed by atoms with Crippen molar-refractivity contribution in [2.45, 2.75) is 0 Å². The van der Waals surface area contributed by atoms with Crippen LogP contribution in [-0.4, -0.2) is 0 Å². The average Bonchev–Trinajstić information content (AvgIpc) is 0.877. The SMILES string of the molecule is [2H]c1c([2H])c([2H])c(-c2c3c([2H])c([2H])c([2H])c([2H])c3c(-c3c4ccccc4cc4c3ccc3c(-c5c6ccccc6c(-c6cc(-c7ccccc7)cc(-c7ccccc7)c6)c6ccccc56)cccc34)c3c([2H])c([2H])c([2H])c([2H])c23)c([2H])c1[2H]. The summed E-state index contributed by atoms with van der Waals surface area (Å²) in [5.41, 5.74) is 8.31. The van der Waals surface area contributed by atoms with E-state index in [4.69, 9.17) is 9.60 Å². The third-order valence-electron chi connectivity index (χ3n) is 13.9. The van der Waals surface area contributed by atoms with E-state index in [1.54, 1.807) is 0 Å². The van der Waals surface area contributed by atoms with Gasteiger partial charge in [-0.25, -0.2) is 0 Å². The van der Waals surface area contributed by atoms with E-state index in [1.807, 2.05) is 54.6 Å². The van der Waals surface area contributed by atoms with Crippen LogP contribution >= 0.6 is 0 Å². The predicted octanol–water partition coefficient (Wildman–Crippen LogP) is 19.8. The molecular formula is C70H44. The van der Waals surface area contributed by atoms with E-state index in [1.165, 1.54) is 0 Å². The maximum Gasteiger partial charge on any atom is 0.0629 e. The molecule has 0 fully saturated rings. The van der Waals surface area contributed by atoms with Crippen LogP contribution in [-0.2, 0) is 0 Å². The number of hydrogen-bond donors (Lipinski definition) is 0. The molecular weight excluding hydrogens is 841 g/mol. The van der Waals surface area contributed by atoms with Crippen molar-refractivity contribution in [3.05, 3.63) is 267 Å². The van der Waals surface area contributed by atoms with Crippen molar-refractivity contribution in [2.24, 2.45) is 0 Å². The van der Waals surface area contributed by atoms with Crippen LogP contribution in [0.3, 0.4) is 0 Å². The highest BCUT2D eigenvalue weighted by molar-refractivity contribution is 6.31. The van der Waals surface area contributed by atoms with E-state index >= 15 is 0 Å². The van der Waals surface area contributed by atoms with Crippen LogP contribution in [0, 0.1) is 0 Å². The van der Waals surface area contributed by atoms with Gasteiger partial charge in [-0.05, 0) is 166 Å². The Hall–Kier alpha value is -9.10. The lowest BCUT2D eigenvalue weighted by atomic mass is 9.81. The first kappa shape index (κ1) is 28.9. The van der Waals surface area contributed by atoms with Crippen LogP contribution in [0.2, 0.25) is 0 Å². The second-order valence-corrected chi connectivity index (χ2v) is 17.7. The zero-order valence-electron chi connectivity index (χ0n) is 50.4. The molecule has 0 bridgehead atoms. The predicted molar refractivity (Wildman–Crippen MR) is 302 cm³/mol. The highest BCUT2D eigenvalue weighted by Gasteiger charge is 2.23. The van der Waals surface area contributed by atoms with Crippen molar-refractivity contribution >= 4 is 75.4 Å². The zero-order chi connectivity index (χ0) is 57.4. The lowest BCUT2D eigenvalue weighted by molar-refractivity contribution is 1.58. The first-order chi connectivity index (χ1) is 40.2. The lowest BCUT2D eigenvalue weighted by Crippen LogP contribution is -1.94. The highest BCUT2D eigenvalue weighted by Crippen LogP contribution is 2.51. The quantitative estimate of drug-likeness (QED) is 0.115. The Morgan fingerprint density at radius 3 is 1.20 bits per heavy atom. The fraction of sp³-hybridized carbons (Fsp3) is 0. The minimum Gasteiger partial charge on any atom is -0.0622 e. The van der Waals surface area contributed by atoms with E-state index in [9.17, 15) is 8.22 Å². The van der Waals surface area contributed by atoms with Gasteiger partial charge in [-0.3, -0.25) is 0 Å². The number of fused-ring (bicyclic) bond motifs is 8. The van der Waals surface area contributed by atoms with E-state index in [0.717, 1.165) is 87.6 Å². The van der Waals surface area contributed by atoms with Gasteiger partial charge in [0.05, 0.1) is 17.8 Å². The maximum absolute atomic E-state index is 9.79. The van der Waals surface area contributed by atoms with Crippen LogP contribution in [0.1, 0.15) is 17.8 Å².